The third-order valence-electron chi connectivity index (χ3n) is 5.56. The van der Waals surface area contributed by atoms with Crippen molar-refractivity contribution in [1.82, 2.24) is 15.1 Å². The van der Waals surface area contributed by atoms with Crippen molar-refractivity contribution >= 4 is 39.2 Å². The van der Waals surface area contributed by atoms with Gasteiger partial charge in [0.1, 0.15) is 11.5 Å². The Morgan fingerprint density at radius 1 is 1.12 bits per heavy atom. The van der Waals surface area contributed by atoms with Crippen molar-refractivity contribution in [2.24, 2.45) is 0 Å². The third kappa shape index (κ3) is 3.94. The number of nitrogens with zero attached hydrogens (tertiary/aromatic N) is 2. The maximum absolute atomic E-state index is 13.5. The summed E-state index contributed by atoms with van der Waals surface area (Å²) in [5, 5.41) is 9.13. The van der Waals surface area contributed by atoms with Gasteiger partial charge >= 0.3 is 0 Å². The summed E-state index contributed by atoms with van der Waals surface area (Å²) in [6.45, 7) is 0. The van der Waals surface area contributed by atoms with Gasteiger partial charge in [0, 0.05) is 44.9 Å². The van der Waals surface area contributed by atoms with Crippen LogP contribution >= 0.6 is 11.6 Å². The molecule has 8 heteroatoms. The van der Waals surface area contributed by atoms with E-state index in [1.165, 1.54) is 12.1 Å². The molecule has 32 heavy (non-hydrogen) atoms. The van der Waals surface area contributed by atoms with E-state index in [1.54, 1.807) is 35.0 Å². The topological polar surface area (TPSA) is 64.0 Å². The Kier molecular flexibility index (Phi) is 5.53. The van der Waals surface area contributed by atoms with E-state index in [9.17, 15) is 13.4 Å². The zero-order valence-electron chi connectivity index (χ0n) is 16.9. The van der Waals surface area contributed by atoms with Gasteiger partial charge in [0.05, 0.1) is 16.2 Å². The summed E-state index contributed by atoms with van der Waals surface area (Å²) < 4.78 is 26.8. The lowest BCUT2D eigenvalue weighted by Gasteiger charge is -2.11. The summed E-state index contributed by atoms with van der Waals surface area (Å²) >= 11 is 6.44. The largest absolute Gasteiger partial charge is 0.348 e. The van der Waals surface area contributed by atoms with Gasteiger partial charge < -0.3 is 5.32 Å². The van der Waals surface area contributed by atoms with Gasteiger partial charge in [0.25, 0.3) is 5.91 Å². The number of hydrogen-bond donors (Lipinski definition) is 1. The molecule has 1 fully saturated rings. The van der Waals surface area contributed by atoms with Crippen molar-refractivity contribution in [2.75, 3.05) is 11.5 Å². The maximum atomic E-state index is 13.5. The number of fused-ring (bicyclic) bond motifs is 1. The first kappa shape index (κ1) is 20.8. The fraction of sp³-hybridized carbons (Fsp3) is 0.167. The lowest BCUT2D eigenvalue weighted by Crippen LogP contribution is -2.35. The van der Waals surface area contributed by atoms with Gasteiger partial charge in [-0.25, -0.2) is 9.07 Å². The third-order valence-corrected chi connectivity index (χ3v) is 7.35. The highest BCUT2D eigenvalue weighted by Gasteiger charge is 2.24. The van der Waals surface area contributed by atoms with Crippen LogP contribution in [-0.4, -0.2) is 37.4 Å². The predicted molar refractivity (Wildman–Crippen MR) is 125 cm³/mol. The molecule has 1 aliphatic heterocycles. The van der Waals surface area contributed by atoms with E-state index in [-0.39, 0.29) is 17.8 Å². The van der Waals surface area contributed by atoms with Crippen molar-refractivity contribution in [2.45, 2.75) is 12.5 Å². The second-order valence-corrected chi connectivity index (χ2v) is 9.75. The lowest BCUT2D eigenvalue weighted by molar-refractivity contribution is 0.0941. The summed E-state index contributed by atoms with van der Waals surface area (Å²) in [6.07, 6.45) is 0.713. The predicted octanol–water partition coefficient (Wildman–Crippen LogP) is 4.74. The molecule has 5 nitrogen and oxygen atoms in total. The second-order valence-electron chi connectivity index (χ2n) is 7.72. The Bertz CT molecular complexity index is 1350. The Labute approximate surface area is 191 Å². The van der Waals surface area contributed by atoms with Gasteiger partial charge in [-0.1, -0.05) is 29.8 Å². The first-order valence-electron chi connectivity index (χ1n) is 10.2. The van der Waals surface area contributed by atoms with Gasteiger partial charge in [-0.2, -0.15) is 5.10 Å². The quantitative estimate of drug-likeness (QED) is 0.471. The van der Waals surface area contributed by atoms with Crippen LogP contribution in [0.4, 0.5) is 4.39 Å². The van der Waals surface area contributed by atoms with Crippen LogP contribution in [-0.2, 0) is 10.8 Å². The molecule has 4 aromatic rings. The Hall–Kier alpha value is -3.03. The normalized spacial score (nSPS) is 18.2. The smallest absolute Gasteiger partial charge is 0.251 e. The van der Waals surface area contributed by atoms with Crippen LogP contribution in [0.5, 0.6) is 0 Å². The number of aromatic nitrogens is 2. The molecule has 1 aliphatic rings. The van der Waals surface area contributed by atoms with Crippen molar-refractivity contribution in [1.29, 1.82) is 0 Å². The molecular weight excluding hydrogens is 449 g/mol. The fourth-order valence-corrected chi connectivity index (χ4v) is 5.57. The molecule has 0 saturated carbocycles. The number of halogens is 2. The van der Waals surface area contributed by atoms with Gasteiger partial charge in [-0.3, -0.25) is 9.00 Å². The molecule has 0 spiro atoms. The standard InChI is InChI=1S/C24H19ClFN3O2S/c25-21-4-2-1-3-19(21)23-20-10-5-15(24(30)27-17-11-12-32(31)14-17)13-22(20)29(28-23)18-8-6-16(26)7-9-18/h1-10,13,17H,11-12,14H2,(H,27,30)/t17-,32?/m0/s1. The van der Waals surface area contributed by atoms with Crippen molar-refractivity contribution < 1.29 is 13.4 Å². The molecule has 0 bridgehead atoms. The number of rotatable bonds is 4. The molecule has 1 aromatic heterocycles. The van der Waals surface area contributed by atoms with Crippen LogP contribution < -0.4 is 5.32 Å². The Morgan fingerprint density at radius 2 is 1.91 bits per heavy atom. The highest BCUT2D eigenvalue weighted by atomic mass is 35.5. The van der Waals surface area contributed by atoms with E-state index in [0.29, 0.717) is 45.4 Å². The van der Waals surface area contributed by atoms with Crippen LogP contribution in [0.25, 0.3) is 27.8 Å². The van der Waals surface area contributed by atoms with E-state index in [4.69, 9.17) is 16.7 Å². The van der Waals surface area contributed by atoms with Crippen molar-refractivity contribution in [3.05, 3.63) is 83.1 Å². The molecular formula is C24H19ClFN3O2S. The summed E-state index contributed by atoms with van der Waals surface area (Å²) in [5.41, 5.74) is 3.29. The van der Waals surface area contributed by atoms with E-state index in [2.05, 4.69) is 5.32 Å². The molecule has 2 atom stereocenters. The maximum Gasteiger partial charge on any atom is 0.251 e. The molecule has 1 amide bonds. The first-order valence-corrected chi connectivity index (χ1v) is 12.1. The minimum Gasteiger partial charge on any atom is -0.348 e. The molecule has 162 valence electrons. The molecule has 0 aliphatic carbocycles. The van der Waals surface area contributed by atoms with Gasteiger partial charge in [0.2, 0.25) is 0 Å². The van der Waals surface area contributed by atoms with E-state index < -0.39 is 10.8 Å². The molecule has 5 rings (SSSR count). The zero-order valence-corrected chi connectivity index (χ0v) is 18.5. The fourth-order valence-electron chi connectivity index (χ4n) is 3.93. The average molecular weight is 468 g/mol. The summed E-state index contributed by atoms with van der Waals surface area (Å²) in [7, 11) is -0.871. The highest BCUT2D eigenvalue weighted by Crippen LogP contribution is 2.34. The number of nitrogens with one attached hydrogen (secondary N) is 1. The SMILES string of the molecule is O=C(N[C@H]1CCS(=O)C1)c1ccc2c(-c3ccccc3Cl)nn(-c3ccc(F)cc3)c2c1. The Morgan fingerprint density at radius 3 is 2.62 bits per heavy atom. The zero-order chi connectivity index (χ0) is 22.2. The summed E-state index contributed by atoms with van der Waals surface area (Å²) in [6, 6.07) is 18.7. The van der Waals surface area contributed by atoms with Gasteiger partial charge in [-0.15, -0.1) is 0 Å². The number of amides is 1. The molecule has 3 aromatic carbocycles. The van der Waals surface area contributed by atoms with Gasteiger partial charge in [-0.05, 0) is 55.0 Å². The van der Waals surface area contributed by atoms with E-state index in [1.807, 2.05) is 24.3 Å². The molecule has 1 saturated heterocycles. The molecule has 1 N–H and O–H groups in total. The minimum absolute atomic E-state index is 0.0836. The van der Waals surface area contributed by atoms with Crippen LogP contribution in [0.1, 0.15) is 16.8 Å². The molecule has 2 heterocycles. The number of carbonyl (C=O) groups is 1. The van der Waals surface area contributed by atoms with E-state index in [0.717, 1.165) is 10.9 Å². The van der Waals surface area contributed by atoms with Crippen LogP contribution in [0.3, 0.4) is 0 Å². The lowest BCUT2D eigenvalue weighted by atomic mass is 10.1. The number of carbonyl (C=O) groups excluding carboxylic acids is 1. The summed E-state index contributed by atoms with van der Waals surface area (Å²) in [5.74, 6) is 0.535. The van der Waals surface area contributed by atoms with E-state index >= 15 is 0 Å². The molecule has 0 radical (unpaired) electrons. The van der Waals surface area contributed by atoms with Gasteiger partial charge in [0.15, 0.2) is 0 Å². The summed E-state index contributed by atoms with van der Waals surface area (Å²) in [4.78, 5) is 12.9. The average Bonchev–Trinajstić information content (AvgIpc) is 3.37. The van der Waals surface area contributed by atoms with Crippen molar-refractivity contribution in [3.63, 3.8) is 0 Å². The monoisotopic (exact) mass is 467 g/mol. The number of benzene rings is 3. The van der Waals surface area contributed by atoms with Crippen LogP contribution in [0.15, 0.2) is 66.7 Å². The Balaban J connectivity index is 1.62. The highest BCUT2D eigenvalue weighted by molar-refractivity contribution is 7.85. The van der Waals surface area contributed by atoms with Crippen molar-refractivity contribution in [3.8, 4) is 16.9 Å². The second kappa shape index (κ2) is 8.48. The minimum atomic E-state index is -0.871. The first-order chi connectivity index (χ1) is 15.5. The molecule has 1 unspecified atom stereocenters. The van der Waals surface area contributed by atoms with Crippen LogP contribution in [0.2, 0.25) is 5.02 Å². The number of hydrogen-bond acceptors (Lipinski definition) is 3. The van der Waals surface area contributed by atoms with Crippen LogP contribution in [0, 0.1) is 5.82 Å².